The highest BCUT2D eigenvalue weighted by molar-refractivity contribution is 5.91. The van der Waals surface area contributed by atoms with Gasteiger partial charge in [-0.3, -0.25) is 4.79 Å². The van der Waals surface area contributed by atoms with Crippen LogP contribution in [0.1, 0.15) is 46.3 Å². The third kappa shape index (κ3) is 3.36. The molecule has 0 saturated carbocycles. The van der Waals surface area contributed by atoms with Crippen LogP contribution >= 0.6 is 0 Å². The van der Waals surface area contributed by atoms with Gasteiger partial charge in [0.15, 0.2) is 11.6 Å². The first-order valence-electron chi connectivity index (χ1n) is 7.73. The van der Waals surface area contributed by atoms with Crippen molar-refractivity contribution in [2.75, 3.05) is 13.1 Å². The number of carbonyl (C=O) groups is 1. The Morgan fingerprint density at radius 2 is 2.32 bits per heavy atom. The summed E-state index contributed by atoms with van der Waals surface area (Å²) in [4.78, 5) is 16.5. The molecule has 5 nitrogen and oxygen atoms in total. The lowest BCUT2D eigenvalue weighted by Gasteiger charge is -2.19. The molecule has 1 aliphatic heterocycles. The largest absolute Gasteiger partial charge is 0.448 e. The topological polar surface area (TPSA) is 67.2 Å². The summed E-state index contributed by atoms with van der Waals surface area (Å²) < 4.78 is 5.49. The Morgan fingerprint density at radius 1 is 1.45 bits per heavy atom. The number of hydrogen-bond acceptors (Lipinski definition) is 4. The van der Waals surface area contributed by atoms with E-state index in [1.807, 2.05) is 31.2 Å². The number of amides is 1. The number of oxazole rings is 1. The van der Waals surface area contributed by atoms with E-state index in [0.29, 0.717) is 18.1 Å². The number of piperidine rings is 1. The van der Waals surface area contributed by atoms with Crippen molar-refractivity contribution >= 4 is 5.91 Å². The van der Waals surface area contributed by atoms with Crippen molar-refractivity contribution in [3.63, 3.8) is 0 Å². The van der Waals surface area contributed by atoms with E-state index in [2.05, 4.69) is 15.6 Å². The van der Waals surface area contributed by atoms with E-state index in [1.165, 1.54) is 6.26 Å². The second-order valence-electron chi connectivity index (χ2n) is 5.72. The minimum absolute atomic E-state index is 0.193. The Morgan fingerprint density at radius 3 is 3.09 bits per heavy atom. The van der Waals surface area contributed by atoms with Crippen LogP contribution in [0.3, 0.4) is 0 Å². The van der Waals surface area contributed by atoms with Gasteiger partial charge in [-0.25, -0.2) is 4.98 Å². The first kappa shape index (κ1) is 14.8. The summed E-state index contributed by atoms with van der Waals surface area (Å²) in [6, 6.07) is 8.00. The summed E-state index contributed by atoms with van der Waals surface area (Å²) in [5.74, 6) is 0.738. The van der Waals surface area contributed by atoms with Gasteiger partial charge >= 0.3 is 0 Å². The molecule has 1 unspecified atom stereocenters. The molecule has 2 heterocycles. The van der Waals surface area contributed by atoms with Gasteiger partial charge in [-0.2, -0.15) is 0 Å². The van der Waals surface area contributed by atoms with Crippen LogP contribution in [0.25, 0.3) is 0 Å². The number of aromatic nitrogens is 1. The van der Waals surface area contributed by atoms with Crippen LogP contribution in [0, 0.1) is 6.92 Å². The van der Waals surface area contributed by atoms with Gasteiger partial charge in [0.25, 0.3) is 5.91 Å². The average Bonchev–Trinajstić information content (AvgIpc) is 3.05. The van der Waals surface area contributed by atoms with Crippen LogP contribution in [-0.2, 0) is 6.54 Å². The van der Waals surface area contributed by atoms with Crippen LogP contribution in [0.15, 0.2) is 34.9 Å². The summed E-state index contributed by atoms with van der Waals surface area (Å²) in [6.45, 7) is 4.44. The maximum Gasteiger partial charge on any atom is 0.273 e. The van der Waals surface area contributed by atoms with Crippen molar-refractivity contribution in [2.24, 2.45) is 0 Å². The smallest absolute Gasteiger partial charge is 0.273 e. The Hall–Kier alpha value is -2.14. The predicted molar refractivity (Wildman–Crippen MR) is 83.7 cm³/mol. The van der Waals surface area contributed by atoms with Gasteiger partial charge in [0, 0.05) is 19.0 Å². The molecule has 5 heteroatoms. The van der Waals surface area contributed by atoms with E-state index in [0.717, 1.165) is 37.1 Å². The van der Waals surface area contributed by atoms with E-state index in [1.54, 1.807) is 0 Å². The number of rotatable bonds is 4. The van der Waals surface area contributed by atoms with Crippen LogP contribution in [0.2, 0.25) is 0 Å². The maximum absolute atomic E-state index is 12.2. The molecule has 1 aromatic carbocycles. The minimum Gasteiger partial charge on any atom is -0.448 e. The lowest BCUT2D eigenvalue weighted by Crippen LogP contribution is -2.28. The first-order valence-corrected chi connectivity index (χ1v) is 7.73. The zero-order valence-electron chi connectivity index (χ0n) is 12.8. The third-order valence-corrected chi connectivity index (χ3v) is 4.10. The Labute approximate surface area is 130 Å². The quantitative estimate of drug-likeness (QED) is 0.909. The molecule has 0 bridgehead atoms. The number of benzene rings is 1. The van der Waals surface area contributed by atoms with Crippen LogP contribution in [-0.4, -0.2) is 24.0 Å². The predicted octanol–water partition coefficient (Wildman–Crippen LogP) is 2.38. The molecule has 0 aliphatic carbocycles. The SMILES string of the molecule is Cc1ccccc1CNC(=O)c1coc(C2CCCNC2)n1. The fourth-order valence-corrected chi connectivity index (χ4v) is 2.72. The number of nitrogens with zero attached hydrogens (tertiary/aromatic N) is 1. The first-order chi connectivity index (χ1) is 10.7. The molecule has 116 valence electrons. The van der Waals surface area contributed by atoms with Gasteiger partial charge < -0.3 is 15.1 Å². The fraction of sp³-hybridized carbons (Fsp3) is 0.412. The van der Waals surface area contributed by atoms with Gasteiger partial charge in [-0.05, 0) is 37.4 Å². The van der Waals surface area contributed by atoms with Gasteiger partial charge in [0.2, 0.25) is 0 Å². The van der Waals surface area contributed by atoms with Crippen molar-refractivity contribution in [3.8, 4) is 0 Å². The molecule has 1 fully saturated rings. The molecule has 1 saturated heterocycles. The molecular formula is C17H21N3O2. The van der Waals surface area contributed by atoms with E-state index in [4.69, 9.17) is 4.42 Å². The second-order valence-corrected chi connectivity index (χ2v) is 5.72. The van der Waals surface area contributed by atoms with Crippen molar-refractivity contribution in [1.82, 2.24) is 15.6 Å². The van der Waals surface area contributed by atoms with E-state index < -0.39 is 0 Å². The normalized spacial score (nSPS) is 18.1. The summed E-state index contributed by atoms with van der Waals surface area (Å²) in [5, 5.41) is 6.22. The molecule has 0 spiro atoms. The van der Waals surface area contributed by atoms with Gasteiger partial charge in [-0.1, -0.05) is 24.3 Å². The zero-order valence-corrected chi connectivity index (χ0v) is 12.8. The average molecular weight is 299 g/mol. The van der Waals surface area contributed by atoms with Crippen LogP contribution in [0.4, 0.5) is 0 Å². The van der Waals surface area contributed by atoms with Gasteiger partial charge in [-0.15, -0.1) is 0 Å². The molecule has 1 atom stereocenters. The maximum atomic E-state index is 12.2. The van der Waals surface area contributed by atoms with Gasteiger partial charge in [0.05, 0.1) is 0 Å². The lowest BCUT2D eigenvalue weighted by atomic mass is 10.00. The summed E-state index contributed by atoms with van der Waals surface area (Å²) in [6.07, 6.45) is 3.62. The summed E-state index contributed by atoms with van der Waals surface area (Å²) in [5.41, 5.74) is 2.63. The highest BCUT2D eigenvalue weighted by Crippen LogP contribution is 2.22. The fourth-order valence-electron chi connectivity index (χ4n) is 2.72. The molecule has 0 radical (unpaired) electrons. The monoisotopic (exact) mass is 299 g/mol. The van der Waals surface area contributed by atoms with Crippen LogP contribution in [0.5, 0.6) is 0 Å². The summed E-state index contributed by atoms with van der Waals surface area (Å²) >= 11 is 0. The standard InChI is InChI=1S/C17H21N3O2/c1-12-5-2-3-6-13(12)10-19-16(21)15-11-22-17(20-15)14-7-4-8-18-9-14/h2-3,5-6,11,14,18H,4,7-10H2,1H3,(H,19,21). The molecule has 3 rings (SSSR count). The zero-order chi connectivity index (χ0) is 15.4. The van der Waals surface area contributed by atoms with E-state index >= 15 is 0 Å². The molecule has 1 aromatic heterocycles. The molecule has 2 N–H and O–H groups in total. The second kappa shape index (κ2) is 6.75. The number of nitrogens with one attached hydrogen (secondary N) is 2. The molecule has 1 aliphatic rings. The van der Waals surface area contributed by atoms with Gasteiger partial charge in [0.1, 0.15) is 6.26 Å². The third-order valence-electron chi connectivity index (χ3n) is 4.10. The van der Waals surface area contributed by atoms with Crippen molar-refractivity contribution in [2.45, 2.75) is 32.2 Å². The highest BCUT2D eigenvalue weighted by Gasteiger charge is 2.21. The number of aryl methyl sites for hydroxylation is 1. The Kier molecular flexibility index (Phi) is 4.53. The summed E-state index contributed by atoms with van der Waals surface area (Å²) in [7, 11) is 0. The minimum atomic E-state index is -0.193. The number of carbonyl (C=O) groups excluding carboxylic acids is 1. The molecule has 22 heavy (non-hydrogen) atoms. The Balaban J connectivity index is 1.61. The van der Waals surface area contributed by atoms with Crippen molar-refractivity contribution in [3.05, 3.63) is 53.2 Å². The highest BCUT2D eigenvalue weighted by atomic mass is 16.3. The van der Waals surface area contributed by atoms with Crippen LogP contribution < -0.4 is 10.6 Å². The van der Waals surface area contributed by atoms with Crippen molar-refractivity contribution < 1.29 is 9.21 Å². The Bertz CT molecular complexity index is 645. The lowest BCUT2D eigenvalue weighted by molar-refractivity contribution is 0.0946. The van der Waals surface area contributed by atoms with E-state index in [-0.39, 0.29) is 11.8 Å². The molecule has 1 amide bonds. The van der Waals surface area contributed by atoms with Crippen molar-refractivity contribution in [1.29, 1.82) is 0 Å². The molecule has 2 aromatic rings. The number of hydrogen-bond donors (Lipinski definition) is 2. The molecular weight excluding hydrogens is 278 g/mol. The van der Waals surface area contributed by atoms with E-state index in [9.17, 15) is 4.79 Å².